The molecule has 5 nitrogen and oxygen atoms in total. The van der Waals surface area contributed by atoms with Crippen LogP contribution in [-0.2, 0) is 13.1 Å². The summed E-state index contributed by atoms with van der Waals surface area (Å²) in [5.74, 6) is -1.90. The Kier molecular flexibility index (Phi) is 4.86. The maximum absolute atomic E-state index is 13.5. The van der Waals surface area contributed by atoms with Crippen molar-refractivity contribution in [3.05, 3.63) is 65.0 Å². The van der Waals surface area contributed by atoms with Crippen molar-refractivity contribution in [2.75, 3.05) is 19.6 Å². The summed E-state index contributed by atoms with van der Waals surface area (Å²) in [4.78, 5) is 16.5. The largest absolute Gasteiger partial charge is 0.348 e. The summed E-state index contributed by atoms with van der Waals surface area (Å²) in [7, 11) is 0. The molecule has 2 amide bonds. The number of piperidine rings is 1. The summed E-state index contributed by atoms with van der Waals surface area (Å²) < 4.78 is 28.9. The third-order valence-electron chi connectivity index (χ3n) is 5.47. The molecule has 0 radical (unpaired) electrons. The molecular formula is C21H20F2N4O. The van der Waals surface area contributed by atoms with E-state index in [-0.39, 0.29) is 6.03 Å². The average Bonchev–Trinajstić information content (AvgIpc) is 3.19. The molecule has 2 aromatic rings. The van der Waals surface area contributed by atoms with E-state index in [1.54, 1.807) is 0 Å². The number of likely N-dealkylation sites (tertiary alicyclic amines) is 1. The van der Waals surface area contributed by atoms with E-state index in [1.807, 2.05) is 28.1 Å². The first kappa shape index (κ1) is 18.2. The van der Waals surface area contributed by atoms with E-state index in [4.69, 9.17) is 0 Å². The lowest BCUT2D eigenvalue weighted by Crippen LogP contribution is -2.48. The van der Waals surface area contributed by atoms with Crippen molar-refractivity contribution in [1.82, 2.24) is 14.4 Å². The molecule has 0 unspecified atom stereocenters. The van der Waals surface area contributed by atoms with Crippen LogP contribution in [0, 0.1) is 23.0 Å². The number of fused-ring (bicyclic) bond motifs is 1. The fraction of sp³-hybridized carbons (Fsp3) is 0.333. The zero-order valence-corrected chi connectivity index (χ0v) is 15.4. The van der Waals surface area contributed by atoms with Gasteiger partial charge < -0.3 is 14.4 Å². The van der Waals surface area contributed by atoms with Crippen LogP contribution in [0.2, 0.25) is 0 Å². The lowest BCUT2D eigenvalue weighted by molar-refractivity contribution is 0.137. The Morgan fingerprint density at radius 1 is 1.00 bits per heavy atom. The zero-order valence-electron chi connectivity index (χ0n) is 15.4. The van der Waals surface area contributed by atoms with Crippen molar-refractivity contribution in [1.29, 1.82) is 5.26 Å². The summed E-state index contributed by atoms with van der Waals surface area (Å²) >= 11 is 0. The van der Waals surface area contributed by atoms with E-state index in [1.165, 1.54) is 6.07 Å². The molecule has 28 heavy (non-hydrogen) atoms. The predicted octanol–water partition coefficient (Wildman–Crippen LogP) is 3.78. The molecule has 144 valence electrons. The molecule has 1 aromatic heterocycles. The topological polar surface area (TPSA) is 52.3 Å². The van der Waals surface area contributed by atoms with Crippen LogP contribution in [0.4, 0.5) is 13.6 Å². The molecule has 2 aliphatic heterocycles. The van der Waals surface area contributed by atoms with Crippen molar-refractivity contribution in [3.63, 3.8) is 0 Å². The molecule has 0 atom stereocenters. The van der Waals surface area contributed by atoms with Crippen molar-refractivity contribution >= 4 is 11.6 Å². The second-order valence-electron chi connectivity index (χ2n) is 7.10. The zero-order chi connectivity index (χ0) is 19.7. The highest BCUT2D eigenvalue weighted by Gasteiger charge is 2.27. The fourth-order valence-corrected chi connectivity index (χ4v) is 3.89. The van der Waals surface area contributed by atoms with Crippen LogP contribution in [0.3, 0.4) is 0 Å². The maximum atomic E-state index is 13.5. The highest BCUT2D eigenvalue weighted by Crippen LogP contribution is 2.28. The number of carbonyl (C=O) groups excluding carboxylic acids is 1. The number of benzene rings is 1. The number of aromatic nitrogens is 1. The van der Waals surface area contributed by atoms with E-state index < -0.39 is 11.6 Å². The number of halogens is 2. The van der Waals surface area contributed by atoms with Gasteiger partial charge >= 0.3 is 6.03 Å². The van der Waals surface area contributed by atoms with Crippen molar-refractivity contribution < 1.29 is 13.6 Å². The van der Waals surface area contributed by atoms with Gasteiger partial charge in [0.15, 0.2) is 11.6 Å². The molecule has 0 bridgehead atoms. The van der Waals surface area contributed by atoms with Gasteiger partial charge in [0.25, 0.3) is 0 Å². The number of urea groups is 1. The highest BCUT2D eigenvalue weighted by molar-refractivity contribution is 5.80. The Balaban J connectivity index is 1.45. The molecule has 0 N–H and O–H groups in total. The van der Waals surface area contributed by atoms with E-state index in [0.29, 0.717) is 50.2 Å². The quantitative estimate of drug-likeness (QED) is 0.705. The number of amides is 2. The number of allylic oxidation sites excluding steroid dienone is 1. The van der Waals surface area contributed by atoms with E-state index in [0.717, 1.165) is 29.9 Å². The monoisotopic (exact) mass is 382 g/mol. The predicted molar refractivity (Wildman–Crippen MR) is 99.9 cm³/mol. The molecule has 1 fully saturated rings. The van der Waals surface area contributed by atoms with Gasteiger partial charge in [0.1, 0.15) is 0 Å². The van der Waals surface area contributed by atoms with Gasteiger partial charge in [-0.25, -0.2) is 13.6 Å². The first-order chi connectivity index (χ1) is 13.6. The van der Waals surface area contributed by atoms with Crippen LogP contribution in [-0.4, -0.2) is 40.0 Å². The molecule has 0 spiro atoms. The second-order valence-corrected chi connectivity index (χ2v) is 7.10. The summed E-state index contributed by atoms with van der Waals surface area (Å²) in [6.07, 6.45) is 3.13. The summed E-state index contributed by atoms with van der Waals surface area (Å²) in [5, 5.41) is 9.53. The lowest BCUT2D eigenvalue weighted by atomic mass is 9.94. The number of nitrogens with zero attached hydrogens (tertiary/aromatic N) is 4. The first-order valence-electron chi connectivity index (χ1n) is 9.32. The number of rotatable bonds is 1. The SMILES string of the molecule is N#CC(=C1CCN(C(=O)N2CCn3cccc3C2)CC1)c1ccc(F)c(F)c1. The molecule has 7 heteroatoms. The van der Waals surface area contributed by atoms with Crippen LogP contribution in [0.15, 0.2) is 42.1 Å². The van der Waals surface area contributed by atoms with Gasteiger partial charge in [-0.15, -0.1) is 0 Å². The third-order valence-corrected chi connectivity index (χ3v) is 5.47. The van der Waals surface area contributed by atoms with Gasteiger partial charge in [-0.05, 0) is 48.2 Å². The standard InChI is InChI=1S/C21H20F2N4O/c22-19-4-3-16(12-20(19)23)18(13-24)15-5-8-26(9-6-15)21(28)27-11-10-25-7-1-2-17(25)14-27/h1-4,7,12H,5-6,8-11,14H2. The Morgan fingerprint density at radius 3 is 2.50 bits per heavy atom. The van der Waals surface area contributed by atoms with Crippen molar-refractivity contribution in [3.8, 4) is 6.07 Å². The minimum absolute atomic E-state index is 0.0119. The van der Waals surface area contributed by atoms with Crippen molar-refractivity contribution in [2.45, 2.75) is 25.9 Å². The first-order valence-corrected chi connectivity index (χ1v) is 9.32. The summed E-state index contributed by atoms with van der Waals surface area (Å²) in [6.45, 7) is 3.10. The Labute approximate surface area is 162 Å². The Hall–Kier alpha value is -3.14. The Bertz CT molecular complexity index is 979. The average molecular weight is 382 g/mol. The number of carbonyl (C=O) groups is 1. The van der Waals surface area contributed by atoms with E-state index in [2.05, 4.69) is 10.6 Å². The molecule has 1 aromatic carbocycles. The molecule has 0 aliphatic carbocycles. The van der Waals surface area contributed by atoms with Crippen molar-refractivity contribution in [2.24, 2.45) is 0 Å². The van der Waals surface area contributed by atoms with E-state index in [9.17, 15) is 18.8 Å². The fourth-order valence-electron chi connectivity index (χ4n) is 3.89. The maximum Gasteiger partial charge on any atom is 0.320 e. The molecule has 4 rings (SSSR count). The molecule has 3 heterocycles. The van der Waals surface area contributed by atoms with Gasteiger partial charge in [-0.1, -0.05) is 6.07 Å². The minimum atomic E-state index is -0.965. The van der Waals surface area contributed by atoms with Crippen LogP contribution in [0.25, 0.3) is 5.57 Å². The molecule has 0 saturated carbocycles. The summed E-state index contributed by atoms with van der Waals surface area (Å²) in [6, 6.07) is 9.66. The van der Waals surface area contributed by atoms with Gasteiger partial charge in [0, 0.05) is 38.1 Å². The van der Waals surface area contributed by atoms with Crippen LogP contribution in [0.1, 0.15) is 24.1 Å². The van der Waals surface area contributed by atoms with Crippen LogP contribution in [0.5, 0.6) is 0 Å². The highest BCUT2D eigenvalue weighted by atomic mass is 19.2. The van der Waals surface area contributed by atoms with Gasteiger partial charge in [0.2, 0.25) is 0 Å². The van der Waals surface area contributed by atoms with Gasteiger partial charge in [0.05, 0.1) is 18.2 Å². The number of hydrogen-bond donors (Lipinski definition) is 0. The van der Waals surface area contributed by atoms with E-state index >= 15 is 0 Å². The third kappa shape index (κ3) is 3.38. The number of hydrogen-bond acceptors (Lipinski definition) is 2. The molecule has 1 saturated heterocycles. The van der Waals surface area contributed by atoms with Crippen LogP contribution < -0.4 is 0 Å². The number of nitriles is 1. The van der Waals surface area contributed by atoms with Gasteiger partial charge in [-0.3, -0.25) is 0 Å². The normalized spacial score (nSPS) is 16.5. The minimum Gasteiger partial charge on any atom is -0.348 e. The van der Waals surface area contributed by atoms with Crippen LogP contribution >= 0.6 is 0 Å². The second kappa shape index (κ2) is 7.47. The lowest BCUT2D eigenvalue weighted by Gasteiger charge is -2.36. The Morgan fingerprint density at radius 2 is 1.79 bits per heavy atom. The summed E-state index contributed by atoms with van der Waals surface area (Å²) in [5.41, 5.74) is 2.77. The molecular weight excluding hydrogens is 362 g/mol. The smallest absolute Gasteiger partial charge is 0.320 e. The van der Waals surface area contributed by atoms with Gasteiger partial charge in [-0.2, -0.15) is 5.26 Å². The molecule has 2 aliphatic rings.